The molecular weight excluding hydrogens is 331 g/mol. The SMILES string of the molecule is Cc1ncc(F)c(N2CCC(C3CCN(c4cnccn4)CC3)CC2)n1. The van der Waals surface area contributed by atoms with Crippen LogP contribution in [0.5, 0.6) is 0 Å². The molecule has 26 heavy (non-hydrogen) atoms. The molecule has 0 radical (unpaired) electrons. The van der Waals surface area contributed by atoms with E-state index in [1.165, 1.54) is 19.0 Å². The Hall–Kier alpha value is -2.31. The van der Waals surface area contributed by atoms with Gasteiger partial charge < -0.3 is 9.80 Å². The lowest BCUT2D eigenvalue weighted by Gasteiger charge is -2.40. The molecular formula is C19H25FN6. The van der Waals surface area contributed by atoms with E-state index in [1.54, 1.807) is 19.3 Å². The number of piperidine rings is 2. The monoisotopic (exact) mass is 356 g/mol. The van der Waals surface area contributed by atoms with Crippen LogP contribution in [0.3, 0.4) is 0 Å². The summed E-state index contributed by atoms with van der Waals surface area (Å²) in [5, 5.41) is 0. The molecule has 7 heteroatoms. The Bertz CT molecular complexity index is 724. The molecule has 0 bridgehead atoms. The maximum atomic E-state index is 14.0. The summed E-state index contributed by atoms with van der Waals surface area (Å²) in [6, 6.07) is 0. The lowest BCUT2D eigenvalue weighted by atomic mass is 9.79. The first-order valence-electron chi connectivity index (χ1n) is 9.46. The Morgan fingerprint density at radius 1 is 0.885 bits per heavy atom. The zero-order chi connectivity index (χ0) is 17.9. The highest BCUT2D eigenvalue weighted by molar-refractivity contribution is 5.39. The van der Waals surface area contributed by atoms with Gasteiger partial charge in [0.05, 0.1) is 12.4 Å². The van der Waals surface area contributed by atoms with E-state index < -0.39 is 0 Å². The smallest absolute Gasteiger partial charge is 0.183 e. The summed E-state index contributed by atoms with van der Waals surface area (Å²) in [5.41, 5.74) is 0. The van der Waals surface area contributed by atoms with Gasteiger partial charge in [-0.2, -0.15) is 0 Å². The van der Waals surface area contributed by atoms with Crippen molar-refractivity contribution in [1.29, 1.82) is 0 Å². The largest absolute Gasteiger partial charge is 0.355 e. The molecule has 2 aliphatic heterocycles. The van der Waals surface area contributed by atoms with Gasteiger partial charge in [0.1, 0.15) is 11.6 Å². The summed E-state index contributed by atoms with van der Waals surface area (Å²) in [6.45, 7) is 5.65. The highest BCUT2D eigenvalue weighted by Crippen LogP contribution is 2.34. The van der Waals surface area contributed by atoms with Crippen molar-refractivity contribution in [2.24, 2.45) is 11.8 Å². The maximum absolute atomic E-state index is 14.0. The van der Waals surface area contributed by atoms with Crippen LogP contribution in [0.25, 0.3) is 0 Å². The Labute approximate surface area is 153 Å². The quantitative estimate of drug-likeness (QED) is 0.843. The Balaban J connectivity index is 1.31. The molecule has 6 nitrogen and oxygen atoms in total. The summed E-state index contributed by atoms with van der Waals surface area (Å²) in [6.07, 6.45) is 11.2. The fourth-order valence-electron chi connectivity index (χ4n) is 4.30. The van der Waals surface area contributed by atoms with Gasteiger partial charge in [-0.1, -0.05) is 0 Å². The number of nitrogens with zero attached hydrogens (tertiary/aromatic N) is 6. The fourth-order valence-corrected chi connectivity index (χ4v) is 4.30. The molecule has 0 N–H and O–H groups in total. The molecule has 2 aromatic heterocycles. The topological polar surface area (TPSA) is 58.0 Å². The number of anilines is 2. The third kappa shape index (κ3) is 3.61. The Morgan fingerprint density at radius 3 is 2.15 bits per heavy atom. The lowest BCUT2D eigenvalue weighted by Crippen LogP contribution is -2.41. The van der Waals surface area contributed by atoms with Crippen molar-refractivity contribution in [2.75, 3.05) is 36.0 Å². The average Bonchev–Trinajstić information content (AvgIpc) is 2.71. The van der Waals surface area contributed by atoms with Gasteiger partial charge in [0.15, 0.2) is 11.6 Å². The van der Waals surface area contributed by atoms with Crippen molar-refractivity contribution in [3.63, 3.8) is 0 Å². The molecule has 2 fully saturated rings. The van der Waals surface area contributed by atoms with Crippen molar-refractivity contribution in [3.8, 4) is 0 Å². The number of aromatic nitrogens is 4. The standard InChI is InChI=1S/C19H25FN6/c1-14-23-12-17(20)19(24-14)26-10-4-16(5-11-26)15-2-8-25(9-3-15)18-13-21-6-7-22-18/h6-7,12-13,15-16H,2-5,8-11H2,1H3. The molecule has 2 saturated heterocycles. The van der Waals surface area contributed by atoms with Crippen LogP contribution in [-0.2, 0) is 0 Å². The highest BCUT2D eigenvalue weighted by Gasteiger charge is 2.31. The maximum Gasteiger partial charge on any atom is 0.183 e. The summed E-state index contributed by atoms with van der Waals surface area (Å²) in [4.78, 5) is 21.2. The van der Waals surface area contributed by atoms with Gasteiger partial charge in [0, 0.05) is 38.6 Å². The third-order valence-electron chi connectivity index (χ3n) is 5.77. The van der Waals surface area contributed by atoms with Crippen molar-refractivity contribution in [2.45, 2.75) is 32.6 Å². The van der Waals surface area contributed by atoms with E-state index in [0.29, 0.717) is 11.6 Å². The molecule has 0 spiro atoms. The van der Waals surface area contributed by atoms with Crippen LogP contribution >= 0.6 is 0 Å². The summed E-state index contributed by atoms with van der Waals surface area (Å²) >= 11 is 0. The van der Waals surface area contributed by atoms with Gasteiger partial charge in [-0.25, -0.2) is 19.3 Å². The minimum atomic E-state index is -0.314. The van der Waals surface area contributed by atoms with Crippen LogP contribution < -0.4 is 9.80 Å². The van der Waals surface area contributed by atoms with Gasteiger partial charge in [0.2, 0.25) is 0 Å². The van der Waals surface area contributed by atoms with E-state index in [9.17, 15) is 4.39 Å². The van der Waals surface area contributed by atoms with Gasteiger partial charge in [-0.3, -0.25) is 4.98 Å². The number of hydrogen-bond acceptors (Lipinski definition) is 6. The van der Waals surface area contributed by atoms with Gasteiger partial charge in [0.25, 0.3) is 0 Å². The van der Waals surface area contributed by atoms with Crippen molar-refractivity contribution < 1.29 is 4.39 Å². The van der Waals surface area contributed by atoms with Crippen LogP contribution in [0, 0.1) is 24.6 Å². The zero-order valence-corrected chi connectivity index (χ0v) is 15.2. The molecule has 0 aromatic carbocycles. The van der Waals surface area contributed by atoms with Gasteiger partial charge >= 0.3 is 0 Å². The number of aryl methyl sites for hydroxylation is 1. The van der Waals surface area contributed by atoms with Crippen LogP contribution in [0.15, 0.2) is 24.8 Å². The van der Waals surface area contributed by atoms with Crippen molar-refractivity contribution >= 4 is 11.6 Å². The molecule has 0 aliphatic carbocycles. The normalized spacial score (nSPS) is 19.8. The molecule has 0 unspecified atom stereocenters. The second kappa shape index (κ2) is 7.51. The minimum absolute atomic E-state index is 0.314. The fraction of sp³-hybridized carbons (Fsp3) is 0.579. The van der Waals surface area contributed by atoms with E-state index in [-0.39, 0.29) is 5.82 Å². The first-order valence-corrected chi connectivity index (χ1v) is 9.46. The minimum Gasteiger partial charge on any atom is -0.355 e. The first-order chi connectivity index (χ1) is 12.7. The van der Waals surface area contributed by atoms with Crippen LogP contribution in [0.4, 0.5) is 16.0 Å². The molecule has 2 aromatic rings. The van der Waals surface area contributed by atoms with Crippen LogP contribution in [0.1, 0.15) is 31.5 Å². The molecule has 2 aliphatic rings. The molecule has 4 rings (SSSR count). The molecule has 4 heterocycles. The number of hydrogen-bond donors (Lipinski definition) is 0. The van der Waals surface area contributed by atoms with Gasteiger partial charge in [-0.05, 0) is 44.4 Å². The molecule has 138 valence electrons. The zero-order valence-electron chi connectivity index (χ0n) is 15.2. The second-order valence-corrected chi connectivity index (χ2v) is 7.30. The highest BCUT2D eigenvalue weighted by atomic mass is 19.1. The third-order valence-corrected chi connectivity index (χ3v) is 5.77. The van der Waals surface area contributed by atoms with E-state index in [1.807, 2.05) is 6.20 Å². The summed E-state index contributed by atoms with van der Waals surface area (Å²) in [5.74, 6) is 3.23. The average molecular weight is 356 g/mol. The van der Waals surface area contributed by atoms with E-state index >= 15 is 0 Å². The molecule has 0 amide bonds. The first kappa shape index (κ1) is 17.1. The van der Waals surface area contributed by atoms with E-state index in [4.69, 9.17) is 0 Å². The summed E-state index contributed by atoms with van der Waals surface area (Å²) < 4.78 is 14.0. The van der Waals surface area contributed by atoms with E-state index in [2.05, 4.69) is 29.7 Å². The lowest BCUT2D eigenvalue weighted by molar-refractivity contribution is 0.232. The Kier molecular flexibility index (Phi) is 4.95. The number of rotatable bonds is 3. The summed E-state index contributed by atoms with van der Waals surface area (Å²) in [7, 11) is 0. The van der Waals surface area contributed by atoms with Crippen LogP contribution in [0.2, 0.25) is 0 Å². The van der Waals surface area contributed by atoms with Crippen LogP contribution in [-0.4, -0.2) is 46.1 Å². The van der Waals surface area contributed by atoms with Crippen molar-refractivity contribution in [1.82, 2.24) is 19.9 Å². The predicted molar refractivity (Wildman–Crippen MR) is 98.6 cm³/mol. The molecule has 0 atom stereocenters. The Morgan fingerprint density at radius 2 is 1.54 bits per heavy atom. The predicted octanol–water partition coefficient (Wildman–Crippen LogP) is 2.85. The van der Waals surface area contributed by atoms with E-state index in [0.717, 1.165) is 56.7 Å². The molecule has 0 saturated carbocycles. The van der Waals surface area contributed by atoms with Crippen molar-refractivity contribution in [3.05, 3.63) is 36.4 Å². The number of halogens is 1. The van der Waals surface area contributed by atoms with Gasteiger partial charge in [-0.15, -0.1) is 0 Å². The second-order valence-electron chi connectivity index (χ2n) is 7.30.